The molecule has 0 amide bonds. The monoisotopic (exact) mass is 271 g/mol. The molecule has 0 saturated carbocycles. The van der Waals surface area contributed by atoms with Gasteiger partial charge in [-0.15, -0.1) is 0 Å². The Bertz CT molecular complexity index is 624. The van der Waals surface area contributed by atoms with Gasteiger partial charge in [0.25, 0.3) is 0 Å². The molecular weight excluding hydrogens is 250 g/mol. The third-order valence-corrected chi connectivity index (χ3v) is 3.97. The van der Waals surface area contributed by atoms with E-state index in [0.29, 0.717) is 13.1 Å². The second-order valence-corrected chi connectivity index (χ2v) is 5.89. The number of piperidine rings is 1. The zero-order valence-corrected chi connectivity index (χ0v) is 11.8. The van der Waals surface area contributed by atoms with Crippen molar-refractivity contribution in [1.29, 1.82) is 0 Å². The van der Waals surface area contributed by atoms with Gasteiger partial charge in [0.15, 0.2) is 0 Å². The molecule has 4 nitrogen and oxygen atoms in total. The second kappa shape index (κ2) is 5.04. The molecule has 2 aromatic rings. The van der Waals surface area contributed by atoms with E-state index in [1.54, 1.807) is 0 Å². The average Bonchev–Trinajstić information content (AvgIpc) is 2.44. The Morgan fingerprint density at radius 1 is 1.40 bits per heavy atom. The molecule has 3 N–H and O–H groups in total. The third kappa shape index (κ3) is 2.49. The number of hydrogen-bond donors (Lipinski definition) is 2. The van der Waals surface area contributed by atoms with Crippen LogP contribution in [0.15, 0.2) is 30.3 Å². The van der Waals surface area contributed by atoms with Crippen molar-refractivity contribution in [2.75, 3.05) is 18.0 Å². The topological polar surface area (TPSA) is 62.4 Å². The summed E-state index contributed by atoms with van der Waals surface area (Å²) in [6.07, 6.45) is 1.82. The van der Waals surface area contributed by atoms with Crippen LogP contribution in [0.4, 0.5) is 5.82 Å². The van der Waals surface area contributed by atoms with Gasteiger partial charge in [-0.25, -0.2) is 4.98 Å². The molecule has 1 fully saturated rings. The van der Waals surface area contributed by atoms with Gasteiger partial charge in [-0.3, -0.25) is 0 Å². The first-order valence-electron chi connectivity index (χ1n) is 7.15. The lowest BCUT2D eigenvalue weighted by Gasteiger charge is -2.38. The van der Waals surface area contributed by atoms with Gasteiger partial charge in [0.1, 0.15) is 5.82 Å². The molecule has 1 aliphatic rings. The predicted octanol–water partition coefficient (Wildman–Crippen LogP) is 2.04. The van der Waals surface area contributed by atoms with Gasteiger partial charge < -0.3 is 15.7 Å². The molecule has 1 aromatic carbocycles. The molecule has 2 heterocycles. The first-order chi connectivity index (χ1) is 9.59. The van der Waals surface area contributed by atoms with Crippen molar-refractivity contribution < 1.29 is 5.11 Å². The number of nitrogens with two attached hydrogens (primary N) is 1. The van der Waals surface area contributed by atoms with Crippen molar-refractivity contribution >= 4 is 16.7 Å². The fourth-order valence-corrected chi connectivity index (χ4v) is 2.97. The van der Waals surface area contributed by atoms with Gasteiger partial charge in [0, 0.05) is 30.6 Å². The predicted molar refractivity (Wildman–Crippen MR) is 81.7 cm³/mol. The molecule has 1 atom stereocenters. The summed E-state index contributed by atoms with van der Waals surface area (Å²) >= 11 is 0. The SMILES string of the molecule is CC1(O)CCCN(c2nc3ccccc3cc2CN)C1. The van der Waals surface area contributed by atoms with Crippen molar-refractivity contribution in [3.05, 3.63) is 35.9 Å². The summed E-state index contributed by atoms with van der Waals surface area (Å²) in [7, 11) is 0. The Morgan fingerprint density at radius 3 is 2.95 bits per heavy atom. The van der Waals surface area contributed by atoms with Crippen LogP contribution in [0.1, 0.15) is 25.3 Å². The van der Waals surface area contributed by atoms with Crippen LogP contribution >= 0.6 is 0 Å². The Balaban J connectivity index is 2.05. The Kier molecular flexibility index (Phi) is 3.36. The van der Waals surface area contributed by atoms with Gasteiger partial charge >= 0.3 is 0 Å². The van der Waals surface area contributed by atoms with Crippen LogP contribution in [0, 0.1) is 0 Å². The van der Waals surface area contributed by atoms with E-state index < -0.39 is 5.60 Å². The molecule has 0 aliphatic carbocycles. The maximum Gasteiger partial charge on any atom is 0.133 e. The molecule has 0 radical (unpaired) electrons. The summed E-state index contributed by atoms with van der Waals surface area (Å²) in [4.78, 5) is 6.93. The standard InChI is InChI=1S/C16H21N3O/c1-16(20)7-4-8-19(11-16)15-13(10-17)9-12-5-2-3-6-14(12)18-15/h2-3,5-6,9,20H,4,7-8,10-11,17H2,1H3. The second-order valence-electron chi connectivity index (χ2n) is 5.89. The van der Waals surface area contributed by atoms with E-state index in [1.165, 1.54) is 0 Å². The molecule has 3 rings (SSSR count). The molecule has 4 heteroatoms. The lowest BCUT2D eigenvalue weighted by Crippen LogP contribution is -2.46. The van der Waals surface area contributed by atoms with Gasteiger partial charge in [-0.1, -0.05) is 18.2 Å². The zero-order chi connectivity index (χ0) is 14.2. The minimum Gasteiger partial charge on any atom is -0.388 e. The van der Waals surface area contributed by atoms with Crippen molar-refractivity contribution in [2.24, 2.45) is 5.73 Å². The highest BCUT2D eigenvalue weighted by Crippen LogP contribution is 2.29. The number of benzene rings is 1. The number of fused-ring (bicyclic) bond motifs is 1. The fourth-order valence-electron chi connectivity index (χ4n) is 2.97. The zero-order valence-electron chi connectivity index (χ0n) is 11.8. The summed E-state index contributed by atoms with van der Waals surface area (Å²) in [5, 5.41) is 11.4. The summed E-state index contributed by atoms with van der Waals surface area (Å²) in [6.45, 7) is 3.90. The number of pyridine rings is 1. The number of nitrogens with zero attached hydrogens (tertiary/aromatic N) is 2. The van der Waals surface area contributed by atoms with Crippen LogP contribution in [0.5, 0.6) is 0 Å². The first kappa shape index (κ1) is 13.3. The third-order valence-electron chi connectivity index (χ3n) is 3.97. The van der Waals surface area contributed by atoms with Crippen molar-refractivity contribution in [3.63, 3.8) is 0 Å². The van der Waals surface area contributed by atoms with E-state index in [9.17, 15) is 5.11 Å². The number of hydrogen-bond acceptors (Lipinski definition) is 4. The van der Waals surface area contributed by atoms with E-state index >= 15 is 0 Å². The first-order valence-corrected chi connectivity index (χ1v) is 7.15. The molecule has 0 bridgehead atoms. The number of aliphatic hydroxyl groups is 1. The minimum atomic E-state index is -0.641. The molecule has 1 aliphatic heterocycles. The number of para-hydroxylation sites is 1. The highest BCUT2D eigenvalue weighted by molar-refractivity contribution is 5.81. The Hall–Kier alpha value is -1.65. The van der Waals surface area contributed by atoms with Crippen LogP contribution in [-0.2, 0) is 6.54 Å². The molecule has 20 heavy (non-hydrogen) atoms. The van der Waals surface area contributed by atoms with E-state index in [2.05, 4.69) is 17.0 Å². The van der Waals surface area contributed by atoms with Crippen LogP contribution in [0.2, 0.25) is 0 Å². The lowest BCUT2D eigenvalue weighted by molar-refractivity contribution is 0.0447. The number of anilines is 1. The smallest absolute Gasteiger partial charge is 0.133 e. The van der Waals surface area contributed by atoms with Crippen molar-refractivity contribution in [3.8, 4) is 0 Å². The van der Waals surface area contributed by atoms with E-state index in [0.717, 1.165) is 41.7 Å². The van der Waals surface area contributed by atoms with Gasteiger partial charge in [0.05, 0.1) is 11.1 Å². The number of aromatic nitrogens is 1. The highest BCUT2D eigenvalue weighted by atomic mass is 16.3. The summed E-state index contributed by atoms with van der Waals surface area (Å²) in [6, 6.07) is 10.2. The van der Waals surface area contributed by atoms with Gasteiger partial charge in [-0.05, 0) is 31.9 Å². The largest absolute Gasteiger partial charge is 0.388 e. The molecule has 1 aromatic heterocycles. The highest BCUT2D eigenvalue weighted by Gasteiger charge is 2.30. The van der Waals surface area contributed by atoms with Gasteiger partial charge in [0.2, 0.25) is 0 Å². The summed E-state index contributed by atoms with van der Waals surface area (Å²) in [5.74, 6) is 0.922. The minimum absolute atomic E-state index is 0.464. The summed E-state index contributed by atoms with van der Waals surface area (Å²) < 4.78 is 0. The molecule has 1 unspecified atom stereocenters. The Morgan fingerprint density at radius 2 is 2.20 bits per heavy atom. The van der Waals surface area contributed by atoms with E-state index in [-0.39, 0.29) is 0 Å². The fraction of sp³-hybridized carbons (Fsp3) is 0.438. The lowest BCUT2D eigenvalue weighted by atomic mass is 9.95. The van der Waals surface area contributed by atoms with Crippen LogP contribution in [-0.4, -0.2) is 28.8 Å². The van der Waals surface area contributed by atoms with E-state index in [1.807, 2.05) is 25.1 Å². The maximum atomic E-state index is 10.3. The average molecular weight is 271 g/mol. The molecule has 0 spiro atoms. The summed E-state index contributed by atoms with van der Waals surface area (Å²) in [5.41, 5.74) is 7.27. The van der Waals surface area contributed by atoms with E-state index in [4.69, 9.17) is 10.7 Å². The molecule has 1 saturated heterocycles. The van der Waals surface area contributed by atoms with Crippen LogP contribution < -0.4 is 10.6 Å². The quantitative estimate of drug-likeness (QED) is 0.877. The van der Waals surface area contributed by atoms with Crippen molar-refractivity contribution in [2.45, 2.75) is 31.9 Å². The van der Waals surface area contributed by atoms with Crippen LogP contribution in [0.3, 0.4) is 0 Å². The van der Waals surface area contributed by atoms with Crippen LogP contribution in [0.25, 0.3) is 10.9 Å². The molecule has 106 valence electrons. The van der Waals surface area contributed by atoms with Crippen molar-refractivity contribution in [1.82, 2.24) is 4.98 Å². The maximum absolute atomic E-state index is 10.3. The Labute approximate surface area is 119 Å². The normalized spacial score (nSPS) is 23.2. The van der Waals surface area contributed by atoms with Gasteiger partial charge in [-0.2, -0.15) is 0 Å². The molecular formula is C16H21N3O. The number of β-amino-alcohol motifs (C(OH)–C–C–N with tert-alkyl or cyclic N) is 1. The number of rotatable bonds is 2.